The molecule has 0 radical (unpaired) electrons. The first-order valence-corrected chi connectivity index (χ1v) is 4.25. The summed E-state index contributed by atoms with van der Waals surface area (Å²) in [5, 5.41) is 8.78. The van der Waals surface area contributed by atoms with Crippen LogP contribution in [-0.4, -0.2) is 5.21 Å². The molecule has 0 spiro atoms. The molecule has 2 rings (SSSR count). The first-order valence-electron chi connectivity index (χ1n) is 4.25. The Hall–Kier alpha value is -1.48. The lowest BCUT2D eigenvalue weighted by atomic mass is 10.2. The Labute approximate surface area is 76.3 Å². The minimum Gasteiger partial charge on any atom is -0.465 e. The highest BCUT2D eigenvalue weighted by atomic mass is 16.5. The Morgan fingerprint density at radius 1 is 1.54 bits per heavy atom. The van der Waals surface area contributed by atoms with Crippen LogP contribution >= 0.6 is 0 Å². The van der Waals surface area contributed by atoms with Crippen molar-refractivity contribution in [1.82, 2.24) is 5.48 Å². The van der Waals surface area contributed by atoms with E-state index in [2.05, 4.69) is 5.48 Å². The molecule has 0 atom stereocenters. The van der Waals surface area contributed by atoms with Crippen LogP contribution in [0.25, 0.3) is 6.08 Å². The van der Waals surface area contributed by atoms with Gasteiger partial charge in [-0.05, 0) is 36.6 Å². The lowest BCUT2D eigenvalue weighted by Crippen LogP contribution is -2.05. The summed E-state index contributed by atoms with van der Waals surface area (Å²) in [6.45, 7) is 0. The Morgan fingerprint density at radius 3 is 3.15 bits per heavy atom. The summed E-state index contributed by atoms with van der Waals surface area (Å²) >= 11 is 0. The summed E-state index contributed by atoms with van der Waals surface area (Å²) in [5.74, 6) is 0.818. The molecule has 0 fully saturated rings. The number of rotatable bonds is 2. The van der Waals surface area contributed by atoms with E-state index in [1.54, 1.807) is 6.26 Å². The number of hydrogen-bond acceptors (Lipinski definition) is 3. The SMILES string of the molecule is ONC1=CCC/C1=C/c1ccco1. The van der Waals surface area contributed by atoms with Gasteiger partial charge in [0, 0.05) is 0 Å². The molecule has 1 aliphatic rings. The van der Waals surface area contributed by atoms with E-state index in [0.717, 1.165) is 29.9 Å². The van der Waals surface area contributed by atoms with Crippen LogP contribution in [0.1, 0.15) is 18.6 Å². The lowest BCUT2D eigenvalue weighted by molar-refractivity contribution is 0.204. The second kappa shape index (κ2) is 3.49. The van der Waals surface area contributed by atoms with E-state index >= 15 is 0 Å². The van der Waals surface area contributed by atoms with Crippen LogP contribution in [-0.2, 0) is 0 Å². The third-order valence-electron chi connectivity index (χ3n) is 2.09. The Morgan fingerprint density at radius 2 is 2.46 bits per heavy atom. The second-order valence-electron chi connectivity index (χ2n) is 2.95. The lowest BCUT2D eigenvalue weighted by Gasteiger charge is -2.01. The predicted molar refractivity (Wildman–Crippen MR) is 48.9 cm³/mol. The molecule has 0 aliphatic heterocycles. The van der Waals surface area contributed by atoms with Gasteiger partial charge in [-0.3, -0.25) is 10.7 Å². The van der Waals surface area contributed by atoms with Crippen LogP contribution < -0.4 is 5.48 Å². The van der Waals surface area contributed by atoms with E-state index in [-0.39, 0.29) is 0 Å². The molecule has 68 valence electrons. The van der Waals surface area contributed by atoms with Crippen LogP contribution in [0, 0.1) is 0 Å². The monoisotopic (exact) mass is 177 g/mol. The smallest absolute Gasteiger partial charge is 0.126 e. The summed E-state index contributed by atoms with van der Waals surface area (Å²) < 4.78 is 5.18. The first kappa shape index (κ1) is 8.13. The van der Waals surface area contributed by atoms with E-state index in [9.17, 15) is 0 Å². The van der Waals surface area contributed by atoms with Crippen molar-refractivity contribution in [1.29, 1.82) is 0 Å². The minimum absolute atomic E-state index is 0.788. The molecule has 3 nitrogen and oxygen atoms in total. The summed E-state index contributed by atoms with van der Waals surface area (Å²) in [4.78, 5) is 0. The molecule has 2 N–H and O–H groups in total. The number of nitrogens with one attached hydrogen (secondary N) is 1. The fraction of sp³-hybridized carbons (Fsp3) is 0.200. The standard InChI is InChI=1S/C10H11NO2/c12-11-10-5-1-3-8(10)7-9-4-2-6-13-9/h2,4-7,11-12H,1,3H2/b8-7-. The molecule has 0 bridgehead atoms. The molecule has 0 unspecified atom stereocenters. The van der Waals surface area contributed by atoms with Crippen LogP contribution in [0.5, 0.6) is 0 Å². The van der Waals surface area contributed by atoms with Crippen LogP contribution in [0.15, 0.2) is 40.2 Å². The zero-order valence-electron chi connectivity index (χ0n) is 7.16. The van der Waals surface area contributed by atoms with Crippen LogP contribution in [0.2, 0.25) is 0 Å². The third kappa shape index (κ3) is 1.65. The van der Waals surface area contributed by atoms with Crippen molar-refractivity contribution in [2.24, 2.45) is 0 Å². The van der Waals surface area contributed by atoms with E-state index in [0.29, 0.717) is 0 Å². The van der Waals surface area contributed by atoms with Gasteiger partial charge < -0.3 is 4.42 Å². The molecule has 13 heavy (non-hydrogen) atoms. The molecule has 3 heteroatoms. The average molecular weight is 177 g/mol. The van der Waals surface area contributed by atoms with E-state index in [1.807, 2.05) is 24.3 Å². The Balaban J connectivity index is 2.22. The molecule has 1 heterocycles. The van der Waals surface area contributed by atoms with Gasteiger partial charge in [0.2, 0.25) is 0 Å². The minimum atomic E-state index is 0.788. The molecule has 1 aromatic heterocycles. The first-order chi connectivity index (χ1) is 6.40. The molecule has 0 saturated heterocycles. The van der Waals surface area contributed by atoms with Crippen molar-refractivity contribution in [3.05, 3.63) is 41.5 Å². The largest absolute Gasteiger partial charge is 0.465 e. The highest BCUT2D eigenvalue weighted by Gasteiger charge is 2.10. The van der Waals surface area contributed by atoms with Gasteiger partial charge in [0.25, 0.3) is 0 Å². The van der Waals surface area contributed by atoms with Gasteiger partial charge in [0.1, 0.15) is 5.76 Å². The number of furan rings is 1. The van der Waals surface area contributed by atoms with Crippen LogP contribution in [0.4, 0.5) is 0 Å². The van der Waals surface area contributed by atoms with Crippen molar-refractivity contribution in [3.63, 3.8) is 0 Å². The highest BCUT2D eigenvalue weighted by molar-refractivity contribution is 5.55. The van der Waals surface area contributed by atoms with Crippen molar-refractivity contribution in [2.75, 3.05) is 0 Å². The number of allylic oxidation sites excluding steroid dienone is 2. The van der Waals surface area contributed by atoms with Crippen molar-refractivity contribution < 1.29 is 9.62 Å². The van der Waals surface area contributed by atoms with Gasteiger partial charge in [-0.1, -0.05) is 6.08 Å². The molecule has 0 saturated carbocycles. The van der Waals surface area contributed by atoms with Gasteiger partial charge in [0.05, 0.1) is 12.0 Å². The van der Waals surface area contributed by atoms with Gasteiger partial charge in [0.15, 0.2) is 0 Å². The third-order valence-corrected chi connectivity index (χ3v) is 2.09. The molecular formula is C10H11NO2. The molecular weight excluding hydrogens is 166 g/mol. The van der Waals surface area contributed by atoms with Gasteiger partial charge >= 0.3 is 0 Å². The molecule has 1 aromatic rings. The molecule has 0 aromatic carbocycles. The number of hydrogen-bond donors (Lipinski definition) is 2. The highest BCUT2D eigenvalue weighted by Crippen LogP contribution is 2.24. The van der Waals surface area contributed by atoms with E-state index < -0.39 is 0 Å². The van der Waals surface area contributed by atoms with Gasteiger partial charge in [-0.2, -0.15) is 0 Å². The fourth-order valence-corrected chi connectivity index (χ4v) is 1.45. The van der Waals surface area contributed by atoms with E-state index in [4.69, 9.17) is 9.62 Å². The summed E-state index contributed by atoms with van der Waals surface area (Å²) in [7, 11) is 0. The normalized spacial score (nSPS) is 19.2. The van der Waals surface area contributed by atoms with Crippen molar-refractivity contribution in [2.45, 2.75) is 12.8 Å². The van der Waals surface area contributed by atoms with Gasteiger partial charge in [-0.15, -0.1) is 0 Å². The summed E-state index contributed by atoms with van der Waals surface area (Å²) in [5.41, 5.74) is 4.05. The number of hydroxylamine groups is 1. The maximum atomic E-state index is 8.78. The predicted octanol–water partition coefficient (Wildman–Crippen LogP) is 2.32. The molecule has 1 aliphatic carbocycles. The average Bonchev–Trinajstić information content (AvgIpc) is 2.76. The topological polar surface area (TPSA) is 45.4 Å². The zero-order chi connectivity index (χ0) is 9.10. The quantitative estimate of drug-likeness (QED) is 0.681. The van der Waals surface area contributed by atoms with Crippen LogP contribution in [0.3, 0.4) is 0 Å². The summed E-state index contributed by atoms with van der Waals surface area (Å²) in [6.07, 6.45) is 7.45. The Bertz CT molecular complexity index is 336. The van der Waals surface area contributed by atoms with Crippen molar-refractivity contribution in [3.8, 4) is 0 Å². The Kier molecular flexibility index (Phi) is 2.19. The maximum Gasteiger partial charge on any atom is 0.126 e. The summed E-state index contributed by atoms with van der Waals surface area (Å²) in [6, 6.07) is 3.73. The van der Waals surface area contributed by atoms with Gasteiger partial charge in [-0.25, -0.2) is 0 Å². The van der Waals surface area contributed by atoms with Crippen molar-refractivity contribution >= 4 is 6.08 Å². The fourth-order valence-electron chi connectivity index (χ4n) is 1.45. The second-order valence-corrected chi connectivity index (χ2v) is 2.95. The zero-order valence-corrected chi connectivity index (χ0v) is 7.16. The maximum absolute atomic E-state index is 8.78. The molecule has 0 amide bonds. The van der Waals surface area contributed by atoms with E-state index in [1.165, 1.54) is 0 Å².